The molecule has 2 amide bonds. The molecule has 2 aromatic rings. The van der Waals surface area contributed by atoms with E-state index in [1.165, 1.54) is 18.4 Å². The molecule has 0 unspecified atom stereocenters. The molecule has 1 N–H and O–H groups in total. The summed E-state index contributed by atoms with van der Waals surface area (Å²) in [5.74, 6) is 1.92. The molecule has 0 spiro atoms. The zero-order valence-electron chi connectivity index (χ0n) is 13.2. The maximum atomic E-state index is 12.5. The summed E-state index contributed by atoms with van der Waals surface area (Å²) in [5, 5.41) is 11.5. The van der Waals surface area contributed by atoms with E-state index in [1.54, 1.807) is 0 Å². The Morgan fingerprint density at radius 3 is 2.96 bits per heavy atom. The predicted molar refractivity (Wildman–Crippen MR) is 87.3 cm³/mol. The van der Waals surface area contributed by atoms with Crippen LogP contribution in [0, 0.1) is 0 Å². The number of aromatic nitrogens is 3. The van der Waals surface area contributed by atoms with Crippen LogP contribution < -0.4 is 10.2 Å². The van der Waals surface area contributed by atoms with Gasteiger partial charge in [-0.1, -0.05) is 24.6 Å². The molecule has 4 rings (SSSR count). The molecule has 2 aliphatic heterocycles. The average molecular weight is 311 g/mol. The Bertz CT molecular complexity index is 724. The Labute approximate surface area is 135 Å². The molecular weight excluding hydrogens is 290 g/mol. The van der Waals surface area contributed by atoms with Gasteiger partial charge in [-0.3, -0.25) is 4.90 Å². The van der Waals surface area contributed by atoms with Crippen molar-refractivity contribution in [3.8, 4) is 0 Å². The summed E-state index contributed by atoms with van der Waals surface area (Å²) in [6.45, 7) is 2.13. The fourth-order valence-electron chi connectivity index (χ4n) is 3.48. The number of nitrogens with one attached hydrogen (secondary N) is 1. The lowest BCUT2D eigenvalue weighted by Crippen LogP contribution is -2.39. The number of rotatable bonds is 2. The van der Waals surface area contributed by atoms with Crippen molar-refractivity contribution in [2.45, 2.75) is 45.2 Å². The first-order chi connectivity index (χ1) is 11.3. The van der Waals surface area contributed by atoms with E-state index in [0.717, 1.165) is 49.7 Å². The van der Waals surface area contributed by atoms with E-state index in [0.29, 0.717) is 6.54 Å². The van der Waals surface area contributed by atoms with Gasteiger partial charge in [-0.05, 0) is 30.9 Å². The highest BCUT2D eigenvalue weighted by Gasteiger charge is 2.24. The fraction of sp³-hybridized carbons (Fsp3) is 0.471. The second kappa shape index (κ2) is 6.02. The van der Waals surface area contributed by atoms with Crippen LogP contribution in [0.1, 0.15) is 36.5 Å². The van der Waals surface area contributed by atoms with Crippen LogP contribution in [0.15, 0.2) is 24.3 Å². The molecule has 6 nitrogen and oxygen atoms in total. The van der Waals surface area contributed by atoms with Crippen molar-refractivity contribution < 1.29 is 4.79 Å². The van der Waals surface area contributed by atoms with Crippen LogP contribution in [0.2, 0.25) is 0 Å². The number of benzene rings is 1. The van der Waals surface area contributed by atoms with Crippen molar-refractivity contribution in [1.29, 1.82) is 0 Å². The van der Waals surface area contributed by atoms with Crippen LogP contribution in [0.25, 0.3) is 0 Å². The summed E-state index contributed by atoms with van der Waals surface area (Å²) >= 11 is 0. The van der Waals surface area contributed by atoms with Crippen LogP contribution in [0.4, 0.5) is 10.5 Å². The van der Waals surface area contributed by atoms with Crippen LogP contribution in [0.5, 0.6) is 0 Å². The second-order valence-corrected chi connectivity index (χ2v) is 6.18. The van der Waals surface area contributed by atoms with Gasteiger partial charge in [0.25, 0.3) is 0 Å². The van der Waals surface area contributed by atoms with Crippen molar-refractivity contribution in [2.75, 3.05) is 11.4 Å². The first-order valence-corrected chi connectivity index (χ1v) is 8.37. The SMILES string of the molecule is O=C(NCc1nnc2n1CCCCC2)N1CCc2ccccc21. The molecule has 23 heavy (non-hydrogen) atoms. The lowest BCUT2D eigenvalue weighted by Gasteiger charge is -2.18. The molecule has 1 aromatic carbocycles. The van der Waals surface area contributed by atoms with E-state index in [9.17, 15) is 4.79 Å². The van der Waals surface area contributed by atoms with E-state index in [1.807, 2.05) is 23.1 Å². The van der Waals surface area contributed by atoms with Crippen LogP contribution in [-0.2, 0) is 25.9 Å². The summed E-state index contributed by atoms with van der Waals surface area (Å²) in [4.78, 5) is 14.3. The number of fused-ring (bicyclic) bond motifs is 2. The molecule has 0 atom stereocenters. The number of urea groups is 1. The molecular formula is C17H21N5O. The summed E-state index contributed by atoms with van der Waals surface area (Å²) in [7, 11) is 0. The molecule has 3 heterocycles. The Kier molecular flexibility index (Phi) is 3.73. The van der Waals surface area contributed by atoms with Gasteiger partial charge in [0, 0.05) is 25.2 Å². The fourth-order valence-corrected chi connectivity index (χ4v) is 3.48. The molecule has 0 saturated carbocycles. The van der Waals surface area contributed by atoms with Crippen molar-refractivity contribution in [1.82, 2.24) is 20.1 Å². The van der Waals surface area contributed by atoms with Gasteiger partial charge in [-0.2, -0.15) is 0 Å². The first kappa shape index (κ1) is 14.2. The molecule has 6 heteroatoms. The number of carbonyl (C=O) groups is 1. The molecule has 120 valence electrons. The van der Waals surface area contributed by atoms with Crippen LogP contribution in [-0.4, -0.2) is 27.3 Å². The summed E-state index contributed by atoms with van der Waals surface area (Å²) in [6.07, 6.45) is 5.48. The van der Waals surface area contributed by atoms with E-state index in [4.69, 9.17) is 0 Å². The minimum absolute atomic E-state index is 0.0547. The van der Waals surface area contributed by atoms with Gasteiger partial charge >= 0.3 is 6.03 Å². The molecule has 0 radical (unpaired) electrons. The Morgan fingerprint density at radius 2 is 2.00 bits per heavy atom. The predicted octanol–water partition coefficient (Wildman–Crippen LogP) is 2.28. The summed E-state index contributed by atoms with van der Waals surface area (Å²) in [5.41, 5.74) is 2.25. The highest BCUT2D eigenvalue weighted by atomic mass is 16.2. The van der Waals surface area contributed by atoms with Crippen molar-refractivity contribution in [2.24, 2.45) is 0 Å². The molecule has 1 aromatic heterocycles. The van der Waals surface area contributed by atoms with Gasteiger partial charge in [0.2, 0.25) is 0 Å². The average Bonchev–Trinajstić information content (AvgIpc) is 3.10. The van der Waals surface area contributed by atoms with Gasteiger partial charge in [-0.15, -0.1) is 10.2 Å². The molecule has 0 fully saturated rings. The quantitative estimate of drug-likeness (QED) is 0.925. The number of hydrogen-bond donors (Lipinski definition) is 1. The van der Waals surface area contributed by atoms with E-state index >= 15 is 0 Å². The van der Waals surface area contributed by atoms with Crippen molar-refractivity contribution in [3.63, 3.8) is 0 Å². The van der Waals surface area contributed by atoms with Gasteiger partial charge in [0.1, 0.15) is 5.82 Å². The number of amides is 2. The van der Waals surface area contributed by atoms with E-state index in [2.05, 4.69) is 26.1 Å². The summed E-state index contributed by atoms with van der Waals surface area (Å²) < 4.78 is 2.17. The minimum atomic E-state index is -0.0547. The second-order valence-electron chi connectivity index (χ2n) is 6.18. The Hall–Kier alpha value is -2.37. The highest BCUT2D eigenvalue weighted by Crippen LogP contribution is 2.27. The Balaban J connectivity index is 1.44. The van der Waals surface area contributed by atoms with Crippen LogP contribution >= 0.6 is 0 Å². The lowest BCUT2D eigenvalue weighted by atomic mass is 10.2. The Morgan fingerprint density at radius 1 is 1.09 bits per heavy atom. The molecule has 2 aliphatic rings. The number of para-hydroxylation sites is 1. The van der Waals surface area contributed by atoms with Crippen LogP contribution in [0.3, 0.4) is 0 Å². The van der Waals surface area contributed by atoms with E-state index in [-0.39, 0.29) is 6.03 Å². The third-order valence-electron chi connectivity index (χ3n) is 4.72. The topological polar surface area (TPSA) is 63.1 Å². The van der Waals surface area contributed by atoms with Crippen molar-refractivity contribution >= 4 is 11.7 Å². The summed E-state index contributed by atoms with van der Waals surface area (Å²) in [6, 6.07) is 8.03. The van der Waals surface area contributed by atoms with Gasteiger partial charge in [0.05, 0.1) is 6.54 Å². The first-order valence-electron chi connectivity index (χ1n) is 8.37. The van der Waals surface area contributed by atoms with E-state index < -0.39 is 0 Å². The molecule has 0 saturated heterocycles. The lowest BCUT2D eigenvalue weighted by molar-refractivity contribution is 0.246. The van der Waals surface area contributed by atoms with Gasteiger partial charge < -0.3 is 9.88 Å². The number of nitrogens with zero attached hydrogens (tertiary/aromatic N) is 4. The third-order valence-corrected chi connectivity index (χ3v) is 4.72. The number of aryl methyl sites for hydroxylation is 1. The van der Waals surface area contributed by atoms with Gasteiger partial charge in [-0.25, -0.2) is 4.79 Å². The zero-order chi connectivity index (χ0) is 15.6. The number of hydrogen-bond acceptors (Lipinski definition) is 3. The number of anilines is 1. The standard InChI is InChI=1S/C17H21N5O/c23-17(21-11-9-13-6-3-4-7-14(13)21)18-12-16-20-19-15-8-2-1-5-10-22(15)16/h3-4,6-7H,1-2,5,8-12H2,(H,18,23). The maximum absolute atomic E-state index is 12.5. The maximum Gasteiger partial charge on any atom is 0.322 e. The minimum Gasteiger partial charge on any atom is -0.330 e. The normalized spacial score (nSPS) is 16.6. The number of carbonyl (C=O) groups excluding carboxylic acids is 1. The molecule has 0 aliphatic carbocycles. The zero-order valence-corrected chi connectivity index (χ0v) is 13.2. The third kappa shape index (κ3) is 2.69. The van der Waals surface area contributed by atoms with Gasteiger partial charge in [0.15, 0.2) is 5.82 Å². The highest BCUT2D eigenvalue weighted by molar-refractivity contribution is 5.94. The van der Waals surface area contributed by atoms with Crippen molar-refractivity contribution in [3.05, 3.63) is 41.5 Å². The monoisotopic (exact) mass is 311 g/mol. The molecule has 0 bridgehead atoms. The largest absolute Gasteiger partial charge is 0.330 e. The smallest absolute Gasteiger partial charge is 0.322 e.